The molecule has 4 aromatic rings. The number of hydrogen-bond donors (Lipinski definition) is 1. The summed E-state index contributed by atoms with van der Waals surface area (Å²) in [4.78, 5) is 29.9. The average molecular weight is 493 g/mol. The second-order valence-corrected chi connectivity index (χ2v) is 8.67. The van der Waals surface area contributed by atoms with Gasteiger partial charge < -0.3 is 9.88 Å². The minimum atomic E-state index is -4.54. The average Bonchev–Trinajstić information content (AvgIpc) is 3.28. The topological polar surface area (TPSA) is 81.8 Å². The summed E-state index contributed by atoms with van der Waals surface area (Å²) in [7, 11) is 0. The second-order valence-electron chi connectivity index (χ2n) is 8.67. The molecule has 5 rings (SSSR count). The molecule has 0 atom stereocenters. The van der Waals surface area contributed by atoms with Gasteiger partial charge in [0.25, 0.3) is 5.91 Å². The second kappa shape index (κ2) is 9.10. The van der Waals surface area contributed by atoms with Gasteiger partial charge in [-0.3, -0.25) is 9.59 Å². The first-order valence-corrected chi connectivity index (χ1v) is 11.5. The summed E-state index contributed by atoms with van der Waals surface area (Å²) < 4.78 is 42.8. The number of nitrogens with zero attached hydrogens (tertiary/aromatic N) is 4. The smallest absolute Gasteiger partial charge is 0.328 e. The summed E-state index contributed by atoms with van der Waals surface area (Å²) >= 11 is 0. The van der Waals surface area contributed by atoms with E-state index in [1.54, 1.807) is 12.1 Å². The SMILES string of the molecule is Cc1cc(=O)c(C(=O)Nc2ccc(-c3ncc4n3CCCC4)cc2)nn1-c1cccc(C(F)(F)F)c1. The third kappa shape index (κ3) is 4.53. The number of aromatic nitrogens is 4. The van der Waals surface area contributed by atoms with Crippen molar-refractivity contribution in [1.82, 2.24) is 19.3 Å². The summed E-state index contributed by atoms with van der Waals surface area (Å²) in [5.74, 6) is 0.110. The first kappa shape index (κ1) is 23.5. The molecule has 0 saturated heterocycles. The van der Waals surface area contributed by atoms with Crippen LogP contribution in [0, 0.1) is 6.92 Å². The Bertz CT molecular complexity index is 1500. The van der Waals surface area contributed by atoms with Crippen LogP contribution in [0.5, 0.6) is 0 Å². The first-order valence-electron chi connectivity index (χ1n) is 11.5. The molecule has 3 heterocycles. The largest absolute Gasteiger partial charge is 0.416 e. The Morgan fingerprint density at radius 3 is 2.58 bits per heavy atom. The molecular weight excluding hydrogens is 471 g/mol. The van der Waals surface area contributed by atoms with Crippen molar-refractivity contribution in [3.8, 4) is 17.1 Å². The van der Waals surface area contributed by atoms with Gasteiger partial charge in [0.1, 0.15) is 5.82 Å². The maximum atomic E-state index is 13.2. The predicted octanol–water partition coefficient (Wildman–Crippen LogP) is 5.01. The van der Waals surface area contributed by atoms with Gasteiger partial charge >= 0.3 is 6.18 Å². The molecule has 2 aromatic heterocycles. The Hall–Kier alpha value is -4.21. The summed E-state index contributed by atoms with van der Waals surface area (Å²) in [6, 6.07) is 12.8. The molecule has 1 aliphatic rings. The van der Waals surface area contributed by atoms with Crippen molar-refractivity contribution < 1.29 is 18.0 Å². The molecule has 0 bridgehead atoms. The fraction of sp³-hybridized carbons (Fsp3) is 0.231. The summed E-state index contributed by atoms with van der Waals surface area (Å²) in [6.45, 7) is 2.45. The van der Waals surface area contributed by atoms with Crippen molar-refractivity contribution >= 4 is 11.6 Å². The number of hydrogen-bond acceptors (Lipinski definition) is 4. The Balaban J connectivity index is 1.40. The predicted molar refractivity (Wildman–Crippen MR) is 128 cm³/mol. The van der Waals surface area contributed by atoms with Crippen molar-refractivity contribution in [2.75, 3.05) is 5.32 Å². The van der Waals surface area contributed by atoms with Gasteiger partial charge in [-0.2, -0.15) is 18.3 Å². The van der Waals surface area contributed by atoms with E-state index in [0.717, 1.165) is 54.0 Å². The van der Waals surface area contributed by atoms with Gasteiger partial charge in [-0.15, -0.1) is 0 Å². The van der Waals surface area contributed by atoms with Gasteiger partial charge in [0.2, 0.25) is 5.43 Å². The molecule has 0 unspecified atom stereocenters. The molecule has 2 aromatic carbocycles. The van der Waals surface area contributed by atoms with Gasteiger partial charge in [-0.1, -0.05) is 6.07 Å². The van der Waals surface area contributed by atoms with Gasteiger partial charge in [0.05, 0.1) is 11.3 Å². The maximum Gasteiger partial charge on any atom is 0.416 e. The molecule has 0 aliphatic carbocycles. The van der Waals surface area contributed by atoms with Crippen molar-refractivity contribution in [1.29, 1.82) is 0 Å². The van der Waals surface area contributed by atoms with Crippen LogP contribution in [0.3, 0.4) is 0 Å². The van der Waals surface area contributed by atoms with E-state index in [1.165, 1.54) is 30.8 Å². The van der Waals surface area contributed by atoms with Crippen LogP contribution in [0.4, 0.5) is 18.9 Å². The number of benzene rings is 2. The van der Waals surface area contributed by atoms with Crippen LogP contribution in [-0.4, -0.2) is 25.2 Å². The minimum Gasteiger partial charge on any atom is -0.328 e. The standard InChI is InChI=1S/C26H22F3N5O2/c1-16-13-22(35)23(32-34(16)20-7-4-5-18(14-20)26(27,28)29)25(36)31-19-10-8-17(9-11-19)24-30-15-21-6-2-3-12-33(21)24/h4-5,7-11,13-15H,2-3,6,12H2,1H3,(H,31,36). The lowest BCUT2D eigenvalue weighted by molar-refractivity contribution is -0.137. The van der Waals surface area contributed by atoms with E-state index in [1.807, 2.05) is 18.3 Å². The lowest BCUT2D eigenvalue weighted by Gasteiger charge is -2.16. The van der Waals surface area contributed by atoms with Crippen LogP contribution in [0.15, 0.2) is 65.6 Å². The molecule has 0 spiro atoms. The lowest BCUT2D eigenvalue weighted by atomic mass is 10.1. The maximum absolute atomic E-state index is 13.2. The normalized spacial score (nSPS) is 13.3. The molecule has 0 radical (unpaired) electrons. The highest BCUT2D eigenvalue weighted by Gasteiger charge is 2.30. The number of carbonyl (C=O) groups is 1. The number of rotatable bonds is 4. The van der Waals surface area contributed by atoms with Crippen LogP contribution in [0.25, 0.3) is 17.1 Å². The Morgan fingerprint density at radius 1 is 1.06 bits per heavy atom. The fourth-order valence-corrected chi connectivity index (χ4v) is 4.34. The van der Waals surface area contributed by atoms with E-state index in [0.29, 0.717) is 11.4 Å². The Kier molecular flexibility index (Phi) is 5.95. The Morgan fingerprint density at radius 2 is 1.83 bits per heavy atom. The number of carbonyl (C=O) groups excluding carboxylic acids is 1. The minimum absolute atomic E-state index is 0.0868. The van der Waals surface area contributed by atoms with Crippen LogP contribution < -0.4 is 10.7 Å². The number of alkyl halides is 3. The van der Waals surface area contributed by atoms with Crippen LogP contribution in [0.1, 0.15) is 40.3 Å². The lowest BCUT2D eigenvalue weighted by Crippen LogP contribution is -2.27. The van der Waals surface area contributed by atoms with Crippen LogP contribution >= 0.6 is 0 Å². The van der Waals surface area contributed by atoms with E-state index >= 15 is 0 Å². The first-order chi connectivity index (χ1) is 17.2. The van der Waals surface area contributed by atoms with E-state index < -0.39 is 28.8 Å². The Labute approximate surface area is 204 Å². The highest BCUT2D eigenvalue weighted by molar-refractivity contribution is 6.02. The summed E-state index contributed by atoms with van der Waals surface area (Å²) in [5, 5.41) is 6.72. The van der Waals surface area contributed by atoms with Gasteiger partial charge in [0, 0.05) is 41.4 Å². The molecule has 7 nitrogen and oxygen atoms in total. The number of halogens is 3. The molecule has 0 fully saturated rings. The van der Waals surface area contributed by atoms with Crippen molar-refractivity contribution in [3.63, 3.8) is 0 Å². The zero-order chi connectivity index (χ0) is 25.4. The monoisotopic (exact) mass is 493 g/mol. The quantitative estimate of drug-likeness (QED) is 0.433. The van der Waals surface area contributed by atoms with Crippen LogP contribution in [0.2, 0.25) is 0 Å². The summed E-state index contributed by atoms with van der Waals surface area (Å²) in [5.41, 5.74) is 1.02. The van der Waals surface area contributed by atoms with Gasteiger partial charge in [-0.25, -0.2) is 9.67 Å². The third-order valence-electron chi connectivity index (χ3n) is 6.14. The molecule has 1 N–H and O–H groups in total. The van der Waals surface area contributed by atoms with Crippen LogP contribution in [-0.2, 0) is 19.1 Å². The number of aryl methyl sites for hydroxylation is 2. The van der Waals surface area contributed by atoms with Crippen molar-refractivity contribution in [3.05, 3.63) is 93.7 Å². The molecule has 36 heavy (non-hydrogen) atoms. The molecule has 184 valence electrons. The van der Waals surface area contributed by atoms with E-state index in [2.05, 4.69) is 20.0 Å². The van der Waals surface area contributed by atoms with E-state index in [4.69, 9.17) is 0 Å². The number of imidazole rings is 1. The molecular formula is C26H22F3N5O2. The fourth-order valence-electron chi connectivity index (χ4n) is 4.34. The summed E-state index contributed by atoms with van der Waals surface area (Å²) in [6.07, 6.45) is 0.612. The highest BCUT2D eigenvalue weighted by atomic mass is 19.4. The van der Waals surface area contributed by atoms with Crippen molar-refractivity contribution in [2.45, 2.75) is 38.9 Å². The molecule has 1 amide bonds. The number of nitrogens with one attached hydrogen (secondary N) is 1. The zero-order valence-electron chi connectivity index (χ0n) is 19.3. The molecule has 1 aliphatic heterocycles. The van der Waals surface area contributed by atoms with Gasteiger partial charge in [-0.05, 0) is 68.7 Å². The molecule has 10 heteroatoms. The van der Waals surface area contributed by atoms with Crippen molar-refractivity contribution in [2.24, 2.45) is 0 Å². The van der Waals surface area contributed by atoms with E-state index in [9.17, 15) is 22.8 Å². The third-order valence-corrected chi connectivity index (χ3v) is 6.14. The zero-order valence-corrected chi connectivity index (χ0v) is 19.3. The number of fused-ring (bicyclic) bond motifs is 1. The molecule has 0 saturated carbocycles. The van der Waals surface area contributed by atoms with Gasteiger partial charge in [0.15, 0.2) is 5.69 Å². The van der Waals surface area contributed by atoms with E-state index in [-0.39, 0.29) is 5.69 Å². The number of anilines is 1. The highest BCUT2D eigenvalue weighted by Crippen LogP contribution is 2.30. The number of amides is 1.